The predicted octanol–water partition coefficient (Wildman–Crippen LogP) is 3.81. The molecule has 0 saturated heterocycles. The number of ether oxygens (including phenoxy) is 1. The Balaban J connectivity index is 2.32. The van der Waals surface area contributed by atoms with Gasteiger partial charge in [-0.3, -0.25) is 0 Å². The summed E-state index contributed by atoms with van der Waals surface area (Å²) >= 11 is 3.63. The number of nitrogens with one attached hydrogen (secondary N) is 1. The lowest BCUT2D eigenvalue weighted by molar-refractivity contribution is 0.210. The molecule has 1 aliphatic heterocycles. The molecule has 0 aliphatic carbocycles. The van der Waals surface area contributed by atoms with Crippen LogP contribution in [0, 0.1) is 11.3 Å². The molecule has 0 radical (unpaired) electrons. The van der Waals surface area contributed by atoms with Crippen LogP contribution < -0.4 is 10.1 Å². The van der Waals surface area contributed by atoms with Crippen molar-refractivity contribution in [1.29, 1.82) is 0 Å². The SMILES string of the molecule is CNCC(C)(Cc1cc(Br)cc2c1OCC2)C(C)C. The molecule has 1 atom stereocenters. The zero-order valence-corrected chi connectivity index (χ0v) is 13.9. The summed E-state index contributed by atoms with van der Waals surface area (Å²) in [7, 11) is 2.03. The van der Waals surface area contributed by atoms with Crippen LogP contribution >= 0.6 is 15.9 Å². The number of benzene rings is 1. The highest BCUT2D eigenvalue weighted by molar-refractivity contribution is 9.10. The van der Waals surface area contributed by atoms with E-state index < -0.39 is 0 Å². The average molecular weight is 326 g/mol. The summed E-state index contributed by atoms with van der Waals surface area (Å²) in [5.74, 6) is 1.75. The molecule has 1 aromatic carbocycles. The average Bonchev–Trinajstić information content (AvgIpc) is 2.77. The highest BCUT2D eigenvalue weighted by Crippen LogP contribution is 2.39. The van der Waals surface area contributed by atoms with Crippen LogP contribution in [0.5, 0.6) is 5.75 Å². The van der Waals surface area contributed by atoms with Crippen molar-refractivity contribution in [2.24, 2.45) is 11.3 Å². The van der Waals surface area contributed by atoms with Gasteiger partial charge in [-0.15, -0.1) is 0 Å². The fourth-order valence-corrected chi connectivity index (χ4v) is 3.34. The first-order valence-electron chi connectivity index (χ1n) is 7.05. The molecule has 3 heteroatoms. The van der Waals surface area contributed by atoms with Gasteiger partial charge in [0.25, 0.3) is 0 Å². The van der Waals surface area contributed by atoms with Gasteiger partial charge in [-0.25, -0.2) is 0 Å². The van der Waals surface area contributed by atoms with E-state index in [-0.39, 0.29) is 5.41 Å². The Morgan fingerprint density at radius 2 is 2.16 bits per heavy atom. The van der Waals surface area contributed by atoms with Crippen molar-refractivity contribution in [3.8, 4) is 5.75 Å². The number of hydrogen-bond donors (Lipinski definition) is 1. The monoisotopic (exact) mass is 325 g/mol. The maximum Gasteiger partial charge on any atom is 0.125 e. The van der Waals surface area contributed by atoms with Crippen molar-refractivity contribution in [3.63, 3.8) is 0 Å². The van der Waals surface area contributed by atoms with E-state index in [4.69, 9.17) is 4.74 Å². The molecule has 1 N–H and O–H groups in total. The van der Waals surface area contributed by atoms with Gasteiger partial charge in [0.1, 0.15) is 5.75 Å². The summed E-state index contributed by atoms with van der Waals surface area (Å²) in [6.45, 7) is 8.80. The normalized spacial score (nSPS) is 17.2. The van der Waals surface area contributed by atoms with Gasteiger partial charge in [0.2, 0.25) is 0 Å². The lowest BCUT2D eigenvalue weighted by Crippen LogP contribution is -2.36. The molecule has 106 valence electrons. The van der Waals surface area contributed by atoms with Gasteiger partial charge in [-0.05, 0) is 48.1 Å². The second-order valence-electron chi connectivity index (χ2n) is 6.17. The topological polar surface area (TPSA) is 21.3 Å². The van der Waals surface area contributed by atoms with Gasteiger partial charge in [-0.2, -0.15) is 0 Å². The van der Waals surface area contributed by atoms with E-state index in [0.29, 0.717) is 5.92 Å². The zero-order chi connectivity index (χ0) is 14.0. The molecule has 0 bridgehead atoms. The van der Waals surface area contributed by atoms with Gasteiger partial charge >= 0.3 is 0 Å². The second kappa shape index (κ2) is 5.84. The molecule has 2 nitrogen and oxygen atoms in total. The molecule has 1 aromatic rings. The largest absolute Gasteiger partial charge is 0.493 e. The van der Waals surface area contributed by atoms with E-state index in [0.717, 1.165) is 31.7 Å². The zero-order valence-electron chi connectivity index (χ0n) is 12.3. The summed E-state index contributed by atoms with van der Waals surface area (Å²) in [5.41, 5.74) is 2.93. The minimum atomic E-state index is 0.245. The number of fused-ring (bicyclic) bond motifs is 1. The number of rotatable bonds is 5. The Kier molecular flexibility index (Phi) is 4.57. The van der Waals surface area contributed by atoms with Gasteiger partial charge in [-0.1, -0.05) is 36.7 Å². The fourth-order valence-electron chi connectivity index (χ4n) is 2.79. The quantitative estimate of drug-likeness (QED) is 0.888. The van der Waals surface area contributed by atoms with Crippen molar-refractivity contribution < 1.29 is 4.74 Å². The van der Waals surface area contributed by atoms with Crippen LogP contribution in [0.2, 0.25) is 0 Å². The third-order valence-corrected chi connectivity index (χ3v) is 4.85. The molecule has 19 heavy (non-hydrogen) atoms. The fraction of sp³-hybridized carbons (Fsp3) is 0.625. The van der Waals surface area contributed by atoms with Crippen LogP contribution in [0.1, 0.15) is 31.9 Å². The van der Waals surface area contributed by atoms with Gasteiger partial charge in [0, 0.05) is 17.4 Å². The van der Waals surface area contributed by atoms with Crippen molar-refractivity contribution in [2.45, 2.75) is 33.6 Å². The molecule has 0 amide bonds. The summed E-state index contributed by atoms with van der Waals surface area (Å²) in [4.78, 5) is 0. The maximum absolute atomic E-state index is 5.85. The van der Waals surface area contributed by atoms with Crippen LogP contribution in [-0.2, 0) is 12.8 Å². The number of hydrogen-bond acceptors (Lipinski definition) is 2. The highest BCUT2D eigenvalue weighted by Gasteiger charge is 2.30. The smallest absolute Gasteiger partial charge is 0.125 e. The highest BCUT2D eigenvalue weighted by atomic mass is 79.9. The Bertz CT molecular complexity index is 458. The van der Waals surface area contributed by atoms with Gasteiger partial charge in [0.15, 0.2) is 0 Å². The molecule has 1 unspecified atom stereocenters. The van der Waals surface area contributed by atoms with E-state index in [2.05, 4.69) is 54.2 Å². The molecule has 2 rings (SSSR count). The Morgan fingerprint density at radius 3 is 2.79 bits per heavy atom. The Labute approximate surface area is 125 Å². The van der Waals surface area contributed by atoms with Crippen LogP contribution in [0.15, 0.2) is 16.6 Å². The van der Waals surface area contributed by atoms with E-state index >= 15 is 0 Å². The van der Waals surface area contributed by atoms with Gasteiger partial charge < -0.3 is 10.1 Å². The summed E-state index contributed by atoms with van der Waals surface area (Å²) in [6.07, 6.45) is 2.08. The third-order valence-electron chi connectivity index (χ3n) is 4.39. The van der Waals surface area contributed by atoms with Gasteiger partial charge in [0.05, 0.1) is 6.61 Å². The van der Waals surface area contributed by atoms with Crippen LogP contribution in [0.3, 0.4) is 0 Å². The van der Waals surface area contributed by atoms with Crippen LogP contribution in [-0.4, -0.2) is 20.2 Å². The molecule has 1 aliphatic rings. The maximum atomic E-state index is 5.85. The molecular formula is C16H24BrNO. The Hall–Kier alpha value is -0.540. The first kappa shape index (κ1) is 14.9. The number of halogens is 1. The minimum absolute atomic E-state index is 0.245. The second-order valence-corrected chi connectivity index (χ2v) is 7.08. The van der Waals surface area contributed by atoms with Crippen LogP contribution in [0.4, 0.5) is 0 Å². The van der Waals surface area contributed by atoms with E-state index in [1.807, 2.05) is 7.05 Å². The first-order chi connectivity index (χ1) is 8.96. The minimum Gasteiger partial charge on any atom is -0.493 e. The van der Waals surface area contributed by atoms with E-state index in [9.17, 15) is 0 Å². The Morgan fingerprint density at radius 1 is 1.42 bits per heavy atom. The van der Waals surface area contributed by atoms with Crippen molar-refractivity contribution in [1.82, 2.24) is 5.32 Å². The van der Waals surface area contributed by atoms with Crippen molar-refractivity contribution >= 4 is 15.9 Å². The predicted molar refractivity (Wildman–Crippen MR) is 83.9 cm³/mol. The summed E-state index contributed by atoms with van der Waals surface area (Å²) < 4.78 is 7.02. The molecule has 0 fully saturated rings. The summed E-state index contributed by atoms with van der Waals surface area (Å²) in [5, 5.41) is 3.34. The first-order valence-corrected chi connectivity index (χ1v) is 7.84. The lowest BCUT2D eigenvalue weighted by atomic mass is 9.74. The van der Waals surface area contributed by atoms with Crippen molar-refractivity contribution in [2.75, 3.05) is 20.2 Å². The lowest BCUT2D eigenvalue weighted by Gasteiger charge is -2.34. The summed E-state index contributed by atoms with van der Waals surface area (Å²) in [6, 6.07) is 4.41. The standard InChI is InChI=1S/C16H24BrNO/c1-11(2)16(3,10-18-4)9-13-8-14(17)7-12-5-6-19-15(12)13/h7-8,11,18H,5-6,9-10H2,1-4H3. The third kappa shape index (κ3) is 3.14. The van der Waals surface area contributed by atoms with Crippen LogP contribution in [0.25, 0.3) is 0 Å². The van der Waals surface area contributed by atoms with Crippen molar-refractivity contribution in [3.05, 3.63) is 27.7 Å². The molecule has 0 aromatic heterocycles. The van der Waals surface area contributed by atoms with E-state index in [1.54, 1.807) is 0 Å². The molecular weight excluding hydrogens is 302 g/mol. The van der Waals surface area contributed by atoms with E-state index in [1.165, 1.54) is 15.6 Å². The molecule has 0 saturated carbocycles. The molecule has 0 spiro atoms. The molecule has 1 heterocycles.